The Balaban J connectivity index is 2.26. The maximum absolute atomic E-state index is 11.7. The van der Waals surface area contributed by atoms with Gasteiger partial charge in [-0.05, 0) is 43.5 Å². The molecule has 0 bridgehead atoms. The van der Waals surface area contributed by atoms with Gasteiger partial charge < -0.3 is 10.4 Å². The maximum Gasteiger partial charge on any atom is 0.329 e. The van der Waals surface area contributed by atoms with Gasteiger partial charge in [0, 0.05) is 5.69 Å². The van der Waals surface area contributed by atoms with E-state index in [0.29, 0.717) is 18.4 Å². The van der Waals surface area contributed by atoms with Crippen LogP contribution in [0.2, 0.25) is 0 Å². The predicted molar refractivity (Wildman–Crippen MR) is 77.6 cm³/mol. The first-order valence-corrected chi connectivity index (χ1v) is 7.10. The second-order valence-corrected chi connectivity index (χ2v) is 5.57. The zero-order chi connectivity index (χ0) is 14.6. The number of aliphatic carboxylic acids is 1. The van der Waals surface area contributed by atoms with Crippen LogP contribution in [0.15, 0.2) is 18.2 Å². The number of anilines is 1. The largest absolute Gasteiger partial charge is 0.480 e. The highest BCUT2D eigenvalue weighted by Gasteiger charge is 2.38. The lowest BCUT2D eigenvalue weighted by atomic mass is 9.89. The number of nitrogens with one attached hydrogen (secondary N) is 1. The molecule has 0 amide bonds. The van der Waals surface area contributed by atoms with Crippen molar-refractivity contribution in [3.05, 3.63) is 29.3 Å². The molecule has 4 heteroatoms. The van der Waals surface area contributed by atoms with Gasteiger partial charge in [-0.1, -0.05) is 25.7 Å². The van der Waals surface area contributed by atoms with Gasteiger partial charge in [-0.15, -0.1) is 0 Å². The van der Waals surface area contributed by atoms with E-state index in [9.17, 15) is 9.90 Å². The van der Waals surface area contributed by atoms with E-state index in [1.165, 1.54) is 0 Å². The van der Waals surface area contributed by atoms with Crippen LogP contribution in [0.5, 0.6) is 0 Å². The molecule has 0 aliphatic heterocycles. The van der Waals surface area contributed by atoms with Crippen molar-refractivity contribution in [1.82, 2.24) is 0 Å². The number of nitrogens with zero attached hydrogens (tertiary/aromatic N) is 1. The van der Waals surface area contributed by atoms with E-state index in [1.807, 2.05) is 13.0 Å². The monoisotopic (exact) mass is 272 g/mol. The molecular weight excluding hydrogens is 252 g/mol. The first kappa shape index (κ1) is 14.4. The lowest BCUT2D eigenvalue weighted by Gasteiger charge is -2.30. The molecule has 4 nitrogen and oxygen atoms in total. The van der Waals surface area contributed by atoms with Crippen LogP contribution >= 0.6 is 0 Å². The van der Waals surface area contributed by atoms with Crippen molar-refractivity contribution < 1.29 is 9.90 Å². The number of carboxylic acids is 1. The Morgan fingerprint density at radius 1 is 1.30 bits per heavy atom. The van der Waals surface area contributed by atoms with Gasteiger partial charge in [0.25, 0.3) is 0 Å². The molecule has 0 aromatic heterocycles. The Morgan fingerprint density at radius 3 is 2.45 bits per heavy atom. The summed E-state index contributed by atoms with van der Waals surface area (Å²) in [5.74, 6) is -0.776. The zero-order valence-corrected chi connectivity index (χ0v) is 11.8. The highest BCUT2D eigenvalue weighted by atomic mass is 16.4. The standard InChI is InChI=1S/C16H20N2O2/c1-12-10-14(7-6-13(12)11-17)18-16(15(19)20)8-4-2-3-5-9-16/h6-7,10,18H,2-5,8-9H2,1H3,(H,19,20). The van der Waals surface area contributed by atoms with Crippen molar-refractivity contribution >= 4 is 11.7 Å². The quantitative estimate of drug-likeness (QED) is 0.826. The second kappa shape index (κ2) is 5.96. The molecule has 2 N–H and O–H groups in total. The molecule has 2 rings (SSSR count). The van der Waals surface area contributed by atoms with E-state index in [0.717, 1.165) is 36.9 Å². The minimum atomic E-state index is -0.864. The van der Waals surface area contributed by atoms with Crippen LogP contribution in [0.25, 0.3) is 0 Å². The molecule has 0 atom stereocenters. The van der Waals surface area contributed by atoms with Crippen LogP contribution in [-0.2, 0) is 4.79 Å². The Bertz CT molecular complexity index is 538. The van der Waals surface area contributed by atoms with Crippen LogP contribution < -0.4 is 5.32 Å². The molecule has 1 aliphatic rings. The first-order valence-electron chi connectivity index (χ1n) is 7.10. The van der Waals surface area contributed by atoms with E-state index < -0.39 is 11.5 Å². The molecule has 0 radical (unpaired) electrons. The summed E-state index contributed by atoms with van der Waals surface area (Å²) in [4.78, 5) is 11.7. The summed E-state index contributed by atoms with van der Waals surface area (Å²) in [6.45, 7) is 1.87. The van der Waals surface area contributed by atoms with Gasteiger partial charge in [0.05, 0.1) is 11.6 Å². The average Bonchev–Trinajstić information content (AvgIpc) is 2.65. The first-order chi connectivity index (χ1) is 9.57. The third kappa shape index (κ3) is 2.93. The van der Waals surface area contributed by atoms with E-state index >= 15 is 0 Å². The molecule has 1 aromatic carbocycles. The number of rotatable bonds is 3. The van der Waals surface area contributed by atoms with E-state index in [-0.39, 0.29) is 0 Å². The number of carboxylic acid groups (broad SMARTS) is 1. The molecule has 0 heterocycles. The van der Waals surface area contributed by atoms with Crippen LogP contribution in [0.4, 0.5) is 5.69 Å². The van der Waals surface area contributed by atoms with E-state index in [2.05, 4.69) is 11.4 Å². The SMILES string of the molecule is Cc1cc(NC2(C(=O)O)CCCCCC2)ccc1C#N. The second-order valence-electron chi connectivity index (χ2n) is 5.57. The Hall–Kier alpha value is -2.02. The zero-order valence-electron chi connectivity index (χ0n) is 11.8. The van der Waals surface area contributed by atoms with Crippen molar-refractivity contribution in [2.45, 2.75) is 51.0 Å². The Labute approximate surface area is 119 Å². The summed E-state index contributed by atoms with van der Waals surface area (Å²) in [6.07, 6.45) is 5.39. The van der Waals surface area contributed by atoms with Crippen molar-refractivity contribution in [3.8, 4) is 6.07 Å². The van der Waals surface area contributed by atoms with Gasteiger partial charge in [-0.3, -0.25) is 0 Å². The normalized spacial score (nSPS) is 17.8. The fraction of sp³-hybridized carbons (Fsp3) is 0.500. The lowest BCUT2D eigenvalue weighted by molar-refractivity contribution is -0.142. The van der Waals surface area contributed by atoms with Gasteiger partial charge in [0.2, 0.25) is 0 Å². The van der Waals surface area contributed by atoms with E-state index in [4.69, 9.17) is 5.26 Å². The highest BCUT2D eigenvalue weighted by molar-refractivity contribution is 5.83. The lowest BCUT2D eigenvalue weighted by Crippen LogP contribution is -2.46. The third-order valence-corrected chi connectivity index (χ3v) is 4.10. The van der Waals surface area contributed by atoms with Crippen LogP contribution in [-0.4, -0.2) is 16.6 Å². The van der Waals surface area contributed by atoms with Gasteiger partial charge in [0.15, 0.2) is 0 Å². The minimum Gasteiger partial charge on any atom is -0.480 e. The fourth-order valence-corrected chi connectivity index (χ4v) is 2.87. The Morgan fingerprint density at radius 2 is 1.95 bits per heavy atom. The molecule has 20 heavy (non-hydrogen) atoms. The third-order valence-electron chi connectivity index (χ3n) is 4.10. The molecule has 1 fully saturated rings. The fourth-order valence-electron chi connectivity index (χ4n) is 2.87. The maximum atomic E-state index is 11.7. The smallest absolute Gasteiger partial charge is 0.329 e. The number of nitriles is 1. The molecule has 106 valence electrons. The molecule has 0 saturated heterocycles. The molecular formula is C16H20N2O2. The van der Waals surface area contributed by atoms with Crippen molar-refractivity contribution in [2.75, 3.05) is 5.32 Å². The summed E-state index contributed by atoms with van der Waals surface area (Å²) in [7, 11) is 0. The minimum absolute atomic E-state index is 0.626. The van der Waals surface area contributed by atoms with E-state index in [1.54, 1.807) is 12.1 Å². The summed E-state index contributed by atoms with van der Waals surface area (Å²) in [5, 5.41) is 21.8. The van der Waals surface area contributed by atoms with Crippen molar-refractivity contribution in [2.24, 2.45) is 0 Å². The number of benzene rings is 1. The van der Waals surface area contributed by atoms with Gasteiger partial charge in [-0.25, -0.2) is 4.79 Å². The molecule has 1 aromatic rings. The number of carbonyl (C=O) groups is 1. The topological polar surface area (TPSA) is 73.1 Å². The predicted octanol–water partition coefficient (Wildman–Crippen LogP) is 3.46. The van der Waals surface area contributed by atoms with Gasteiger partial charge in [-0.2, -0.15) is 5.26 Å². The van der Waals surface area contributed by atoms with Gasteiger partial charge in [0.1, 0.15) is 5.54 Å². The number of hydrogen-bond donors (Lipinski definition) is 2. The molecule has 1 aliphatic carbocycles. The summed E-state index contributed by atoms with van der Waals surface area (Å²) < 4.78 is 0. The summed E-state index contributed by atoms with van der Waals surface area (Å²) in [5.41, 5.74) is 1.41. The van der Waals surface area contributed by atoms with Crippen molar-refractivity contribution in [3.63, 3.8) is 0 Å². The summed E-state index contributed by atoms with van der Waals surface area (Å²) >= 11 is 0. The number of aryl methyl sites for hydroxylation is 1. The van der Waals surface area contributed by atoms with Gasteiger partial charge >= 0.3 is 5.97 Å². The number of hydrogen-bond acceptors (Lipinski definition) is 3. The molecule has 0 unspecified atom stereocenters. The van der Waals surface area contributed by atoms with Crippen LogP contribution in [0.1, 0.15) is 49.7 Å². The molecule has 1 saturated carbocycles. The summed E-state index contributed by atoms with van der Waals surface area (Å²) in [6, 6.07) is 7.51. The van der Waals surface area contributed by atoms with Crippen LogP contribution in [0.3, 0.4) is 0 Å². The molecule has 0 spiro atoms. The highest BCUT2D eigenvalue weighted by Crippen LogP contribution is 2.31. The van der Waals surface area contributed by atoms with Crippen molar-refractivity contribution in [1.29, 1.82) is 5.26 Å². The Kier molecular flexibility index (Phi) is 4.29. The van der Waals surface area contributed by atoms with Crippen LogP contribution in [0, 0.1) is 18.3 Å². The average molecular weight is 272 g/mol.